The fourth-order valence-electron chi connectivity index (χ4n) is 2.72. The second-order valence-electron chi connectivity index (χ2n) is 5.50. The summed E-state index contributed by atoms with van der Waals surface area (Å²) in [6.07, 6.45) is 0.901. The second-order valence-corrected chi connectivity index (χ2v) is 6.60. The van der Waals surface area contributed by atoms with Gasteiger partial charge in [0.1, 0.15) is 0 Å². The van der Waals surface area contributed by atoms with E-state index in [1.165, 1.54) is 11.1 Å². The molecule has 2 unspecified atom stereocenters. The molecule has 1 saturated carbocycles. The number of ketones is 1. The summed E-state index contributed by atoms with van der Waals surface area (Å²) in [7, 11) is 0. The van der Waals surface area contributed by atoms with Gasteiger partial charge in [-0.1, -0.05) is 76.6 Å². The quantitative estimate of drug-likeness (QED) is 0.769. The van der Waals surface area contributed by atoms with Crippen LogP contribution in [0, 0.1) is 0 Å². The number of carbonyl (C=O) groups is 1. The van der Waals surface area contributed by atoms with Crippen molar-refractivity contribution in [1.29, 1.82) is 0 Å². The molecule has 0 aliphatic heterocycles. The summed E-state index contributed by atoms with van der Waals surface area (Å²) >= 11 is 3.43. The summed E-state index contributed by atoms with van der Waals surface area (Å²) in [6.45, 7) is 1.62. The summed E-state index contributed by atoms with van der Waals surface area (Å²) in [5.74, 6) is 0.307. The molecular weight excluding hydrogens is 326 g/mol. The zero-order chi connectivity index (χ0) is 14.7. The number of alkyl halides is 1. The molecule has 108 valence electrons. The van der Waals surface area contributed by atoms with Gasteiger partial charge in [0.05, 0.1) is 10.9 Å². The first-order valence-corrected chi connectivity index (χ1v) is 8.15. The first kappa shape index (κ1) is 14.5. The molecular formula is C18H18BrNO. The van der Waals surface area contributed by atoms with Crippen molar-refractivity contribution < 1.29 is 4.79 Å². The van der Waals surface area contributed by atoms with Crippen molar-refractivity contribution in [3.8, 4) is 0 Å². The topological polar surface area (TPSA) is 20.3 Å². The Morgan fingerprint density at radius 1 is 0.905 bits per heavy atom. The zero-order valence-corrected chi connectivity index (χ0v) is 13.4. The second kappa shape index (κ2) is 6.54. The van der Waals surface area contributed by atoms with Crippen LogP contribution < -0.4 is 0 Å². The van der Waals surface area contributed by atoms with Crippen LogP contribution in [0.5, 0.6) is 0 Å². The zero-order valence-electron chi connectivity index (χ0n) is 11.8. The van der Waals surface area contributed by atoms with Crippen molar-refractivity contribution >= 4 is 21.7 Å². The Kier molecular flexibility index (Phi) is 4.51. The molecule has 3 rings (SSSR count). The lowest BCUT2D eigenvalue weighted by Crippen LogP contribution is -2.53. The van der Waals surface area contributed by atoms with E-state index in [2.05, 4.69) is 45.1 Å². The number of carbonyl (C=O) groups excluding carboxylic acids is 1. The largest absolute Gasteiger partial charge is 0.297 e. The Bertz CT molecular complexity index is 558. The Morgan fingerprint density at radius 3 is 1.76 bits per heavy atom. The molecule has 21 heavy (non-hydrogen) atoms. The summed E-state index contributed by atoms with van der Waals surface area (Å²) in [5, 5.41) is 0. The van der Waals surface area contributed by atoms with Gasteiger partial charge in [-0.05, 0) is 17.5 Å². The number of benzene rings is 2. The first-order valence-electron chi connectivity index (χ1n) is 7.24. The van der Waals surface area contributed by atoms with Gasteiger partial charge < -0.3 is 0 Å². The van der Waals surface area contributed by atoms with Crippen LogP contribution in [0.1, 0.15) is 17.5 Å². The summed E-state index contributed by atoms with van der Waals surface area (Å²) in [5.41, 5.74) is 2.50. The van der Waals surface area contributed by atoms with Crippen molar-refractivity contribution in [2.75, 3.05) is 0 Å². The average Bonchev–Trinajstić information content (AvgIpc) is 2.53. The van der Waals surface area contributed by atoms with Gasteiger partial charge in [0.15, 0.2) is 5.78 Å². The molecule has 0 saturated heterocycles. The standard InChI is InChI=1S/C18H18BrNO/c19-16-11-17(18(16)21)20(12-14-7-3-1-4-8-14)13-15-9-5-2-6-10-15/h1-10,16-17H,11-13H2. The lowest BCUT2D eigenvalue weighted by Gasteiger charge is -2.39. The minimum Gasteiger partial charge on any atom is -0.297 e. The highest BCUT2D eigenvalue weighted by molar-refractivity contribution is 9.10. The normalized spacial score (nSPS) is 21.3. The Labute approximate surface area is 133 Å². The molecule has 1 aliphatic rings. The molecule has 0 aromatic heterocycles. The van der Waals surface area contributed by atoms with Crippen molar-refractivity contribution in [1.82, 2.24) is 4.90 Å². The molecule has 0 amide bonds. The Morgan fingerprint density at radius 2 is 1.38 bits per heavy atom. The number of hydrogen-bond donors (Lipinski definition) is 0. The molecule has 0 N–H and O–H groups in total. The predicted octanol–water partition coefficient (Wildman–Crippen LogP) is 3.79. The molecule has 0 heterocycles. The molecule has 2 aromatic carbocycles. The third-order valence-corrected chi connectivity index (χ3v) is 4.79. The molecule has 2 nitrogen and oxygen atoms in total. The van der Waals surface area contributed by atoms with Gasteiger partial charge >= 0.3 is 0 Å². The van der Waals surface area contributed by atoms with Gasteiger partial charge in [-0.2, -0.15) is 0 Å². The fourth-order valence-corrected chi connectivity index (χ4v) is 3.38. The maximum atomic E-state index is 12.1. The van der Waals surface area contributed by atoms with E-state index in [0.717, 1.165) is 19.5 Å². The van der Waals surface area contributed by atoms with Crippen LogP contribution in [-0.2, 0) is 17.9 Å². The number of Topliss-reactive ketones (excluding diaryl/α,β-unsaturated/α-hetero) is 1. The predicted molar refractivity (Wildman–Crippen MR) is 88.3 cm³/mol. The van der Waals surface area contributed by atoms with Crippen LogP contribution in [0.2, 0.25) is 0 Å². The molecule has 2 atom stereocenters. The van der Waals surface area contributed by atoms with Gasteiger partial charge in [0, 0.05) is 13.1 Å². The van der Waals surface area contributed by atoms with E-state index >= 15 is 0 Å². The van der Waals surface area contributed by atoms with E-state index in [9.17, 15) is 4.79 Å². The van der Waals surface area contributed by atoms with Crippen LogP contribution in [0.3, 0.4) is 0 Å². The molecule has 1 aliphatic carbocycles. The summed E-state index contributed by atoms with van der Waals surface area (Å²) < 4.78 is 0. The smallest absolute Gasteiger partial charge is 0.163 e. The average molecular weight is 344 g/mol. The number of hydrogen-bond acceptors (Lipinski definition) is 2. The van der Waals surface area contributed by atoms with Crippen LogP contribution in [0.4, 0.5) is 0 Å². The number of rotatable bonds is 5. The van der Waals surface area contributed by atoms with E-state index in [0.29, 0.717) is 5.78 Å². The third-order valence-electron chi connectivity index (χ3n) is 3.97. The third kappa shape index (κ3) is 3.42. The molecule has 0 bridgehead atoms. The van der Waals surface area contributed by atoms with Crippen LogP contribution in [-0.4, -0.2) is 21.6 Å². The summed E-state index contributed by atoms with van der Waals surface area (Å²) in [4.78, 5) is 14.4. The van der Waals surface area contributed by atoms with Gasteiger partial charge in [0.25, 0.3) is 0 Å². The van der Waals surface area contributed by atoms with Crippen molar-refractivity contribution in [2.45, 2.75) is 30.4 Å². The van der Waals surface area contributed by atoms with Crippen LogP contribution in [0.15, 0.2) is 60.7 Å². The minimum absolute atomic E-state index is 0.0368. The van der Waals surface area contributed by atoms with E-state index in [1.54, 1.807) is 0 Å². The molecule has 1 fully saturated rings. The van der Waals surface area contributed by atoms with E-state index in [4.69, 9.17) is 0 Å². The maximum Gasteiger partial charge on any atom is 0.163 e. The van der Waals surface area contributed by atoms with Crippen molar-refractivity contribution in [3.05, 3.63) is 71.8 Å². The van der Waals surface area contributed by atoms with E-state index in [-0.39, 0.29) is 10.9 Å². The first-order chi connectivity index (χ1) is 10.2. The van der Waals surface area contributed by atoms with Crippen molar-refractivity contribution in [2.24, 2.45) is 0 Å². The molecule has 0 radical (unpaired) electrons. The molecule has 2 aromatic rings. The molecule has 0 spiro atoms. The minimum atomic E-state index is 0.0368. The van der Waals surface area contributed by atoms with Gasteiger partial charge in [-0.25, -0.2) is 0 Å². The molecule has 3 heteroatoms. The van der Waals surface area contributed by atoms with Crippen LogP contribution in [0.25, 0.3) is 0 Å². The van der Waals surface area contributed by atoms with Crippen molar-refractivity contribution in [3.63, 3.8) is 0 Å². The number of halogens is 1. The Balaban J connectivity index is 1.76. The highest BCUT2D eigenvalue weighted by Crippen LogP contribution is 2.30. The van der Waals surface area contributed by atoms with E-state index in [1.807, 2.05) is 36.4 Å². The SMILES string of the molecule is O=C1C(Br)CC1N(Cc1ccccc1)Cc1ccccc1. The lowest BCUT2D eigenvalue weighted by molar-refractivity contribution is -0.130. The van der Waals surface area contributed by atoms with Crippen LogP contribution >= 0.6 is 15.9 Å². The monoisotopic (exact) mass is 343 g/mol. The highest BCUT2D eigenvalue weighted by atomic mass is 79.9. The number of nitrogens with zero attached hydrogens (tertiary/aromatic N) is 1. The highest BCUT2D eigenvalue weighted by Gasteiger charge is 2.41. The Hall–Kier alpha value is -1.45. The fraction of sp³-hybridized carbons (Fsp3) is 0.278. The lowest BCUT2D eigenvalue weighted by atomic mass is 9.88. The van der Waals surface area contributed by atoms with Gasteiger partial charge in [-0.15, -0.1) is 0 Å². The van der Waals surface area contributed by atoms with Gasteiger partial charge in [0.2, 0.25) is 0 Å². The summed E-state index contributed by atoms with van der Waals surface area (Å²) in [6, 6.07) is 20.7. The van der Waals surface area contributed by atoms with E-state index < -0.39 is 0 Å². The maximum absolute atomic E-state index is 12.1. The van der Waals surface area contributed by atoms with Gasteiger partial charge in [-0.3, -0.25) is 9.69 Å².